The van der Waals surface area contributed by atoms with E-state index in [0.29, 0.717) is 0 Å². The van der Waals surface area contributed by atoms with E-state index in [4.69, 9.17) is 0 Å². The summed E-state index contributed by atoms with van der Waals surface area (Å²) in [5, 5.41) is 8.80. The normalized spacial score (nSPS) is 10.5. The molecule has 1 aromatic rings. The summed E-state index contributed by atoms with van der Waals surface area (Å²) < 4.78 is 46.3. The van der Waals surface area contributed by atoms with Crippen molar-refractivity contribution in [3.05, 3.63) is 12.3 Å². The average Bonchev–Trinajstić information content (AvgIpc) is 2.16. The summed E-state index contributed by atoms with van der Waals surface area (Å²) in [5.41, 5.74) is 0. The summed E-state index contributed by atoms with van der Waals surface area (Å²) in [5.74, 6) is 0. The van der Waals surface area contributed by atoms with Crippen LogP contribution in [0, 0.1) is 0 Å². The van der Waals surface area contributed by atoms with E-state index in [9.17, 15) is 21.6 Å². The van der Waals surface area contributed by atoms with Crippen LogP contribution in [0.25, 0.3) is 0 Å². The Morgan fingerprint density at radius 2 is 2.12 bits per heavy atom. The molecule has 0 bridgehead atoms. The molecule has 0 spiro atoms. The fourth-order valence-electron chi connectivity index (χ4n) is 0.627. The molecule has 0 atom stereocenters. The van der Waals surface area contributed by atoms with Gasteiger partial charge in [-0.05, 0) is 11.3 Å². The SMILES string of the molecule is O=C(N=S(=O)=O)NS(=O)(=O)c1ccnnn1. The summed E-state index contributed by atoms with van der Waals surface area (Å²) in [4.78, 5) is 10.7. The van der Waals surface area contributed by atoms with Crippen LogP contribution in [0.4, 0.5) is 4.79 Å². The number of hydrogen-bond acceptors (Lipinski definition) is 8. The first-order valence-electron chi connectivity index (χ1n) is 3.44. The number of rotatable bonds is 2. The minimum Gasteiger partial charge on any atom is -0.244 e. The van der Waals surface area contributed by atoms with Crippen LogP contribution in [0.5, 0.6) is 0 Å². The molecule has 16 heavy (non-hydrogen) atoms. The van der Waals surface area contributed by atoms with Gasteiger partial charge >= 0.3 is 16.5 Å². The predicted molar refractivity (Wildman–Crippen MR) is 46.9 cm³/mol. The first-order chi connectivity index (χ1) is 7.42. The smallest absolute Gasteiger partial charge is 0.244 e. The maximum atomic E-state index is 11.3. The third-order valence-electron chi connectivity index (χ3n) is 1.13. The van der Waals surface area contributed by atoms with Crippen molar-refractivity contribution in [1.29, 1.82) is 0 Å². The number of carbonyl (C=O) groups excluding carboxylic acids is 1. The molecule has 0 saturated carbocycles. The second kappa shape index (κ2) is 4.71. The summed E-state index contributed by atoms with van der Waals surface area (Å²) in [6.45, 7) is 0. The van der Waals surface area contributed by atoms with Crippen molar-refractivity contribution in [2.24, 2.45) is 4.36 Å². The standard InChI is InChI=1S/C4H3N5O5S2/c10-4(7-15(11)12)8-16(13,14)3-1-2-5-9-6-3/h1-2H,(H,8,10). The first-order valence-corrected chi connectivity index (χ1v) is 5.95. The van der Waals surface area contributed by atoms with E-state index in [1.54, 1.807) is 0 Å². The van der Waals surface area contributed by atoms with E-state index in [1.165, 1.54) is 4.72 Å². The minimum absolute atomic E-state index is 0.581. The number of amides is 2. The van der Waals surface area contributed by atoms with Crippen LogP contribution >= 0.6 is 0 Å². The molecule has 0 radical (unpaired) electrons. The molecular formula is C4H3N5O5S2. The lowest BCUT2D eigenvalue weighted by Gasteiger charge is -1.99. The van der Waals surface area contributed by atoms with Crippen molar-refractivity contribution in [3.8, 4) is 0 Å². The molecule has 1 rings (SSSR count). The molecule has 2 amide bonds. The van der Waals surface area contributed by atoms with E-state index in [2.05, 4.69) is 19.8 Å². The van der Waals surface area contributed by atoms with Gasteiger partial charge in [0.05, 0.1) is 6.20 Å². The van der Waals surface area contributed by atoms with Crippen LogP contribution in [0.3, 0.4) is 0 Å². The molecule has 0 unspecified atom stereocenters. The zero-order chi connectivity index (χ0) is 12.2. The molecule has 0 fully saturated rings. The average molecular weight is 265 g/mol. The Morgan fingerprint density at radius 3 is 2.62 bits per heavy atom. The molecule has 1 N–H and O–H groups in total. The number of carbonyl (C=O) groups is 1. The van der Waals surface area contributed by atoms with Crippen LogP contribution in [0.1, 0.15) is 0 Å². The van der Waals surface area contributed by atoms with E-state index in [0.717, 1.165) is 12.3 Å². The van der Waals surface area contributed by atoms with E-state index >= 15 is 0 Å². The Bertz CT molecular complexity index is 612. The Morgan fingerprint density at radius 1 is 1.44 bits per heavy atom. The van der Waals surface area contributed by atoms with Crippen molar-refractivity contribution in [1.82, 2.24) is 20.1 Å². The lowest BCUT2D eigenvalue weighted by atomic mass is 10.7. The molecule has 1 aromatic heterocycles. The largest absolute Gasteiger partial charge is 0.369 e. The topological polar surface area (TPSA) is 148 Å². The van der Waals surface area contributed by atoms with Crippen LogP contribution in [-0.2, 0) is 20.5 Å². The van der Waals surface area contributed by atoms with E-state index < -0.39 is 31.6 Å². The van der Waals surface area contributed by atoms with Crippen LogP contribution < -0.4 is 4.72 Å². The van der Waals surface area contributed by atoms with E-state index in [-0.39, 0.29) is 0 Å². The van der Waals surface area contributed by atoms with Crippen molar-refractivity contribution < 1.29 is 21.6 Å². The summed E-state index contributed by atoms with van der Waals surface area (Å²) in [6, 6.07) is -0.580. The van der Waals surface area contributed by atoms with Gasteiger partial charge in [0.1, 0.15) is 0 Å². The maximum Gasteiger partial charge on any atom is 0.369 e. The van der Waals surface area contributed by atoms with Gasteiger partial charge in [-0.25, -0.2) is 9.52 Å². The zero-order valence-corrected chi connectivity index (χ0v) is 8.93. The Kier molecular flexibility index (Phi) is 3.57. The van der Waals surface area contributed by atoms with Crippen molar-refractivity contribution in [2.75, 3.05) is 0 Å². The Hall–Kier alpha value is -1.95. The number of nitrogens with one attached hydrogen (secondary N) is 1. The van der Waals surface area contributed by atoms with Gasteiger partial charge in [-0.1, -0.05) is 4.36 Å². The van der Waals surface area contributed by atoms with Crippen LogP contribution in [-0.4, -0.2) is 38.3 Å². The van der Waals surface area contributed by atoms with E-state index in [1.807, 2.05) is 0 Å². The number of nitrogens with zero attached hydrogens (tertiary/aromatic N) is 4. The number of sulfonamides is 1. The monoisotopic (exact) mass is 265 g/mol. The Balaban J connectivity index is 2.99. The molecule has 10 nitrogen and oxygen atoms in total. The second-order valence-electron chi connectivity index (χ2n) is 2.18. The van der Waals surface area contributed by atoms with Crippen LogP contribution in [0.2, 0.25) is 0 Å². The van der Waals surface area contributed by atoms with Crippen molar-refractivity contribution in [3.63, 3.8) is 0 Å². The highest BCUT2D eigenvalue weighted by atomic mass is 32.2. The molecule has 0 saturated heterocycles. The third-order valence-corrected chi connectivity index (χ3v) is 2.66. The lowest BCUT2D eigenvalue weighted by molar-refractivity contribution is 0.254. The molecule has 0 aromatic carbocycles. The quantitative estimate of drug-likeness (QED) is 0.667. The highest BCUT2D eigenvalue weighted by Gasteiger charge is 2.19. The third kappa shape index (κ3) is 3.32. The summed E-state index contributed by atoms with van der Waals surface area (Å²) in [6.07, 6.45) is 1.04. The molecule has 12 heteroatoms. The van der Waals surface area contributed by atoms with Gasteiger partial charge < -0.3 is 0 Å². The molecule has 86 valence electrons. The highest BCUT2D eigenvalue weighted by Crippen LogP contribution is 2.00. The van der Waals surface area contributed by atoms with Crippen molar-refractivity contribution >= 4 is 26.6 Å². The molecular weight excluding hydrogens is 262 g/mol. The van der Waals surface area contributed by atoms with Gasteiger partial charge in [0.2, 0.25) is 5.03 Å². The minimum atomic E-state index is -4.29. The first kappa shape index (κ1) is 12.1. The van der Waals surface area contributed by atoms with Gasteiger partial charge in [-0.3, -0.25) is 0 Å². The van der Waals surface area contributed by atoms with Gasteiger partial charge in [0.25, 0.3) is 10.0 Å². The zero-order valence-electron chi connectivity index (χ0n) is 7.30. The number of urea groups is 1. The summed E-state index contributed by atoms with van der Waals surface area (Å²) in [7, 11) is -7.32. The number of hydrogen-bond donors (Lipinski definition) is 1. The fraction of sp³-hybridized carbons (Fsp3) is 0. The Labute approximate surface area is 90.5 Å². The second-order valence-corrected chi connectivity index (χ2v) is 4.42. The van der Waals surface area contributed by atoms with Gasteiger partial charge in [0.15, 0.2) is 0 Å². The summed E-state index contributed by atoms with van der Waals surface area (Å²) >= 11 is 0. The highest BCUT2D eigenvalue weighted by molar-refractivity contribution is 7.90. The predicted octanol–water partition coefficient (Wildman–Crippen LogP) is -1.67. The van der Waals surface area contributed by atoms with Gasteiger partial charge in [-0.2, -0.15) is 16.8 Å². The van der Waals surface area contributed by atoms with Crippen LogP contribution in [0.15, 0.2) is 21.7 Å². The fourth-order valence-corrected chi connectivity index (χ4v) is 1.63. The van der Waals surface area contributed by atoms with Gasteiger partial charge in [0, 0.05) is 0 Å². The maximum absolute atomic E-state index is 11.3. The molecule has 1 heterocycles. The molecule has 0 aliphatic heterocycles. The number of aromatic nitrogens is 3. The molecule has 0 aliphatic carbocycles. The molecule has 0 aliphatic rings. The van der Waals surface area contributed by atoms with Gasteiger partial charge in [-0.15, -0.1) is 10.2 Å². The van der Waals surface area contributed by atoms with Crippen molar-refractivity contribution in [2.45, 2.75) is 5.03 Å². The lowest BCUT2D eigenvalue weighted by Crippen LogP contribution is -2.28.